The van der Waals surface area contributed by atoms with Gasteiger partial charge in [0.2, 0.25) is 0 Å². The van der Waals surface area contributed by atoms with E-state index in [0.29, 0.717) is 6.42 Å². The van der Waals surface area contributed by atoms with E-state index in [1.54, 1.807) is 6.92 Å². The molecule has 0 amide bonds. The Morgan fingerprint density at radius 3 is 2.33 bits per heavy atom. The summed E-state index contributed by atoms with van der Waals surface area (Å²) in [4.78, 5) is 21.1. The first kappa shape index (κ1) is 16.8. The fourth-order valence-corrected chi connectivity index (χ4v) is 2.31. The topological polar surface area (TPSA) is 133 Å². The van der Waals surface area contributed by atoms with Gasteiger partial charge in [0, 0.05) is 13.0 Å². The molecule has 0 aliphatic carbocycles. The third-order valence-electron chi connectivity index (χ3n) is 2.02. The van der Waals surface area contributed by atoms with Crippen LogP contribution in [0.3, 0.4) is 0 Å². The number of aliphatic carboxylic acids is 2. The first-order valence-electron chi connectivity index (χ1n) is 5.50. The molecule has 1 atom stereocenters. The number of rotatable bonds is 10. The number of hydrogen-bond acceptors (Lipinski definition) is 4. The van der Waals surface area contributed by atoms with Crippen molar-refractivity contribution in [1.29, 1.82) is 0 Å². The van der Waals surface area contributed by atoms with Gasteiger partial charge in [-0.05, 0) is 19.3 Å². The van der Waals surface area contributed by atoms with Crippen molar-refractivity contribution >= 4 is 22.1 Å². The van der Waals surface area contributed by atoms with Crippen LogP contribution in [0, 0.1) is 0 Å². The summed E-state index contributed by atoms with van der Waals surface area (Å²) in [5.74, 6) is -2.38. The maximum Gasteiger partial charge on any atom is 0.321 e. The van der Waals surface area contributed by atoms with Crippen LogP contribution in [0.1, 0.15) is 32.6 Å². The predicted octanol–water partition coefficient (Wildman–Crippen LogP) is -0.471. The van der Waals surface area contributed by atoms with Gasteiger partial charge in [0.25, 0.3) is 10.2 Å². The Morgan fingerprint density at radius 1 is 1.28 bits per heavy atom. The molecule has 106 valence electrons. The standard InChI is InChI=1S/C9H18N2O6S/c1-2-6-10-18(16,17)11-7(9(14)15)4-3-5-8(12)13/h7,10-11H,2-6H2,1H3,(H,12,13)(H,14,15)/t7-/m1/s1. The molecule has 18 heavy (non-hydrogen) atoms. The molecule has 0 aromatic carbocycles. The van der Waals surface area contributed by atoms with E-state index in [2.05, 4.69) is 4.72 Å². The molecule has 4 N–H and O–H groups in total. The van der Waals surface area contributed by atoms with Crippen LogP contribution in [0.15, 0.2) is 0 Å². The average molecular weight is 282 g/mol. The second kappa shape index (κ2) is 8.01. The highest BCUT2D eigenvalue weighted by molar-refractivity contribution is 7.87. The van der Waals surface area contributed by atoms with Gasteiger partial charge in [-0.2, -0.15) is 13.1 Å². The van der Waals surface area contributed by atoms with Crippen LogP contribution < -0.4 is 9.44 Å². The fourth-order valence-electron chi connectivity index (χ4n) is 1.16. The molecule has 0 radical (unpaired) electrons. The lowest BCUT2D eigenvalue weighted by Gasteiger charge is -2.14. The average Bonchev–Trinajstić information content (AvgIpc) is 2.24. The van der Waals surface area contributed by atoms with E-state index in [9.17, 15) is 18.0 Å². The van der Waals surface area contributed by atoms with Gasteiger partial charge in [0.1, 0.15) is 6.04 Å². The minimum atomic E-state index is -3.87. The summed E-state index contributed by atoms with van der Waals surface area (Å²) in [6.07, 6.45) is 0.392. The molecule has 0 spiro atoms. The number of nitrogens with one attached hydrogen (secondary N) is 2. The summed E-state index contributed by atoms with van der Waals surface area (Å²) < 4.78 is 26.9. The van der Waals surface area contributed by atoms with Crippen LogP contribution in [0.5, 0.6) is 0 Å². The molecule has 9 heteroatoms. The Morgan fingerprint density at radius 2 is 1.89 bits per heavy atom. The molecule has 0 saturated heterocycles. The summed E-state index contributed by atoms with van der Waals surface area (Å²) in [6.45, 7) is 1.97. The van der Waals surface area contributed by atoms with Crippen LogP contribution in [-0.4, -0.2) is 43.2 Å². The zero-order valence-electron chi connectivity index (χ0n) is 10.0. The second-order valence-electron chi connectivity index (χ2n) is 3.69. The predicted molar refractivity (Wildman–Crippen MR) is 63.3 cm³/mol. The second-order valence-corrected chi connectivity index (χ2v) is 5.22. The Bertz CT molecular complexity index is 381. The molecule has 0 fully saturated rings. The monoisotopic (exact) mass is 282 g/mol. The maximum atomic E-state index is 11.4. The lowest BCUT2D eigenvalue weighted by molar-refractivity contribution is -0.140. The minimum Gasteiger partial charge on any atom is -0.481 e. The third kappa shape index (κ3) is 7.98. The van der Waals surface area contributed by atoms with Crippen LogP contribution >= 0.6 is 0 Å². The van der Waals surface area contributed by atoms with Gasteiger partial charge in [0.05, 0.1) is 0 Å². The quantitative estimate of drug-likeness (QED) is 0.428. The normalized spacial score (nSPS) is 13.2. The van der Waals surface area contributed by atoms with Crippen molar-refractivity contribution in [3.05, 3.63) is 0 Å². The summed E-state index contributed by atoms with van der Waals surface area (Å²) >= 11 is 0. The molecular weight excluding hydrogens is 264 g/mol. The first-order valence-corrected chi connectivity index (χ1v) is 6.98. The van der Waals surface area contributed by atoms with Crippen molar-refractivity contribution in [3.63, 3.8) is 0 Å². The molecule has 0 saturated carbocycles. The molecule has 0 aromatic rings. The summed E-state index contributed by atoms with van der Waals surface area (Å²) in [5, 5.41) is 17.2. The van der Waals surface area contributed by atoms with Crippen molar-refractivity contribution in [1.82, 2.24) is 9.44 Å². The van der Waals surface area contributed by atoms with Crippen LogP contribution in [0.4, 0.5) is 0 Å². The lowest BCUT2D eigenvalue weighted by atomic mass is 10.1. The van der Waals surface area contributed by atoms with E-state index >= 15 is 0 Å². The van der Waals surface area contributed by atoms with E-state index < -0.39 is 28.2 Å². The minimum absolute atomic E-state index is 0.0747. The smallest absolute Gasteiger partial charge is 0.321 e. The van der Waals surface area contributed by atoms with Gasteiger partial charge in [-0.15, -0.1) is 0 Å². The SMILES string of the molecule is CCCNS(=O)(=O)N[C@H](CCCC(=O)O)C(=O)O. The van der Waals surface area contributed by atoms with Gasteiger partial charge in [0.15, 0.2) is 0 Å². The summed E-state index contributed by atoms with van der Waals surface area (Å²) in [6, 6.07) is -1.32. The van der Waals surface area contributed by atoms with Crippen LogP contribution in [-0.2, 0) is 19.8 Å². The molecule has 0 aromatic heterocycles. The van der Waals surface area contributed by atoms with Crippen molar-refractivity contribution < 1.29 is 28.2 Å². The highest BCUT2D eigenvalue weighted by atomic mass is 32.2. The third-order valence-corrected chi connectivity index (χ3v) is 3.20. The number of carboxylic acids is 2. The molecular formula is C9H18N2O6S. The molecule has 0 aliphatic heterocycles. The van der Waals surface area contributed by atoms with Gasteiger partial charge in [-0.25, -0.2) is 4.72 Å². The van der Waals surface area contributed by atoms with Gasteiger partial charge < -0.3 is 10.2 Å². The van der Waals surface area contributed by atoms with Crippen molar-refractivity contribution in [3.8, 4) is 0 Å². The van der Waals surface area contributed by atoms with Gasteiger partial charge in [-0.1, -0.05) is 6.92 Å². The van der Waals surface area contributed by atoms with Crippen molar-refractivity contribution in [2.75, 3.05) is 6.54 Å². The Balaban J connectivity index is 4.35. The van der Waals surface area contributed by atoms with Crippen molar-refractivity contribution in [2.45, 2.75) is 38.6 Å². The zero-order chi connectivity index (χ0) is 14.2. The first-order chi connectivity index (χ1) is 8.28. The summed E-state index contributed by atoms with van der Waals surface area (Å²) in [5.41, 5.74) is 0. The zero-order valence-corrected chi connectivity index (χ0v) is 10.9. The number of hydrogen-bond donors (Lipinski definition) is 4. The molecule has 0 unspecified atom stereocenters. The highest BCUT2D eigenvalue weighted by Gasteiger charge is 2.23. The maximum absolute atomic E-state index is 11.4. The summed E-state index contributed by atoms with van der Waals surface area (Å²) in [7, 11) is -3.87. The van der Waals surface area contributed by atoms with Gasteiger partial charge in [-0.3, -0.25) is 9.59 Å². The van der Waals surface area contributed by atoms with E-state index in [1.165, 1.54) is 0 Å². The van der Waals surface area contributed by atoms with E-state index in [-0.39, 0.29) is 25.8 Å². The van der Waals surface area contributed by atoms with Crippen LogP contribution in [0.25, 0.3) is 0 Å². The van der Waals surface area contributed by atoms with Crippen LogP contribution in [0.2, 0.25) is 0 Å². The molecule has 0 heterocycles. The Labute approximate surface area is 106 Å². The molecule has 0 bridgehead atoms. The van der Waals surface area contributed by atoms with Crippen molar-refractivity contribution in [2.24, 2.45) is 0 Å². The molecule has 0 aliphatic rings. The lowest BCUT2D eigenvalue weighted by Crippen LogP contribution is -2.46. The molecule has 8 nitrogen and oxygen atoms in total. The van der Waals surface area contributed by atoms with E-state index in [1.807, 2.05) is 4.72 Å². The number of carbonyl (C=O) groups is 2. The number of carboxylic acid groups (broad SMARTS) is 2. The Kier molecular flexibility index (Phi) is 7.48. The van der Waals surface area contributed by atoms with E-state index in [0.717, 1.165) is 0 Å². The fraction of sp³-hybridized carbons (Fsp3) is 0.778. The molecule has 0 rings (SSSR count). The largest absolute Gasteiger partial charge is 0.481 e. The van der Waals surface area contributed by atoms with Gasteiger partial charge >= 0.3 is 11.9 Å². The van der Waals surface area contributed by atoms with E-state index in [4.69, 9.17) is 10.2 Å². The Hall–Kier alpha value is -1.19. The highest BCUT2D eigenvalue weighted by Crippen LogP contribution is 2.02.